The summed E-state index contributed by atoms with van der Waals surface area (Å²) >= 11 is 1.67. The number of thioether (sulfide) groups is 1. The highest BCUT2D eigenvalue weighted by Gasteiger charge is 2.34. The molecule has 2 heterocycles. The van der Waals surface area contributed by atoms with Gasteiger partial charge in [-0.2, -0.15) is 0 Å². The average Bonchev–Trinajstić information content (AvgIpc) is 3.28. The van der Waals surface area contributed by atoms with E-state index in [1.807, 2.05) is 29.2 Å². The van der Waals surface area contributed by atoms with Crippen molar-refractivity contribution in [3.05, 3.63) is 53.1 Å². The van der Waals surface area contributed by atoms with Crippen molar-refractivity contribution >= 4 is 17.7 Å². The Bertz CT molecular complexity index is 839. The fourth-order valence-corrected chi connectivity index (χ4v) is 4.60. The van der Waals surface area contributed by atoms with Gasteiger partial charge in [0, 0.05) is 18.1 Å². The summed E-state index contributed by atoms with van der Waals surface area (Å²) in [5.74, 6) is 3.08. The Kier molecular flexibility index (Phi) is 4.68. The van der Waals surface area contributed by atoms with Crippen molar-refractivity contribution in [2.75, 3.05) is 26.6 Å². The van der Waals surface area contributed by atoms with Crippen LogP contribution < -0.4 is 14.2 Å². The maximum atomic E-state index is 12.5. The van der Waals surface area contributed by atoms with Gasteiger partial charge in [-0.3, -0.25) is 4.79 Å². The Morgan fingerprint density at radius 3 is 2.88 bits per heavy atom. The molecule has 1 fully saturated rings. The highest BCUT2D eigenvalue weighted by atomic mass is 32.2. The van der Waals surface area contributed by atoms with Gasteiger partial charge >= 0.3 is 0 Å². The zero-order chi connectivity index (χ0) is 18.1. The Hall–Kier alpha value is -2.34. The SMILES string of the molecule is COc1ccc(CN2C(=O)CSC2c2ccc3c(c2)CCO3)c(OC)c1. The molecule has 4 rings (SSSR count). The van der Waals surface area contributed by atoms with Gasteiger partial charge in [-0.05, 0) is 35.4 Å². The minimum Gasteiger partial charge on any atom is -0.497 e. The smallest absolute Gasteiger partial charge is 0.234 e. The number of ether oxygens (including phenoxy) is 3. The predicted molar refractivity (Wildman–Crippen MR) is 101 cm³/mol. The van der Waals surface area contributed by atoms with E-state index < -0.39 is 0 Å². The maximum Gasteiger partial charge on any atom is 0.234 e. The van der Waals surface area contributed by atoms with Crippen LogP contribution in [0.2, 0.25) is 0 Å². The van der Waals surface area contributed by atoms with Gasteiger partial charge in [0.2, 0.25) is 5.91 Å². The van der Waals surface area contributed by atoms with E-state index in [1.165, 1.54) is 5.56 Å². The molecule has 2 aromatic carbocycles. The molecule has 2 aromatic rings. The zero-order valence-corrected chi connectivity index (χ0v) is 15.7. The molecule has 1 saturated heterocycles. The molecule has 0 spiro atoms. The van der Waals surface area contributed by atoms with Crippen LogP contribution in [-0.4, -0.2) is 37.4 Å². The van der Waals surface area contributed by atoms with E-state index in [2.05, 4.69) is 12.1 Å². The van der Waals surface area contributed by atoms with Crippen LogP contribution in [0.1, 0.15) is 22.1 Å². The third-order valence-electron chi connectivity index (χ3n) is 4.80. The molecule has 2 aliphatic heterocycles. The molecule has 0 saturated carbocycles. The van der Waals surface area contributed by atoms with Gasteiger partial charge in [0.05, 0.1) is 33.1 Å². The summed E-state index contributed by atoms with van der Waals surface area (Å²) in [4.78, 5) is 14.5. The second kappa shape index (κ2) is 7.11. The van der Waals surface area contributed by atoms with E-state index in [4.69, 9.17) is 14.2 Å². The summed E-state index contributed by atoms with van der Waals surface area (Å²) in [7, 11) is 3.26. The summed E-state index contributed by atoms with van der Waals surface area (Å²) in [6.07, 6.45) is 0.931. The van der Waals surface area contributed by atoms with Gasteiger partial charge in [-0.25, -0.2) is 0 Å². The fourth-order valence-electron chi connectivity index (χ4n) is 3.43. The van der Waals surface area contributed by atoms with Crippen LogP contribution in [0.3, 0.4) is 0 Å². The molecular weight excluding hydrogens is 350 g/mol. The molecule has 0 bridgehead atoms. The number of carbonyl (C=O) groups excluding carboxylic acids is 1. The molecule has 1 unspecified atom stereocenters. The van der Waals surface area contributed by atoms with E-state index in [9.17, 15) is 4.79 Å². The van der Waals surface area contributed by atoms with Crippen molar-refractivity contribution in [2.24, 2.45) is 0 Å². The second-order valence-electron chi connectivity index (χ2n) is 6.33. The minimum atomic E-state index is 0.0141. The van der Waals surface area contributed by atoms with Crippen LogP contribution in [0, 0.1) is 0 Å². The maximum absolute atomic E-state index is 12.5. The second-order valence-corrected chi connectivity index (χ2v) is 7.40. The number of amides is 1. The highest BCUT2D eigenvalue weighted by molar-refractivity contribution is 8.00. The molecule has 0 aromatic heterocycles. The number of nitrogens with zero attached hydrogens (tertiary/aromatic N) is 1. The van der Waals surface area contributed by atoms with Gasteiger partial charge < -0.3 is 19.1 Å². The fraction of sp³-hybridized carbons (Fsp3) is 0.350. The van der Waals surface area contributed by atoms with Gasteiger partial charge in [0.25, 0.3) is 0 Å². The number of fused-ring (bicyclic) bond motifs is 1. The van der Waals surface area contributed by atoms with Crippen LogP contribution in [0.4, 0.5) is 0 Å². The summed E-state index contributed by atoms with van der Waals surface area (Å²) in [5, 5.41) is 0.0141. The normalized spacial score (nSPS) is 18.6. The first kappa shape index (κ1) is 17.1. The van der Waals surface area contributed by atoms with Crippen molar-refractivity contribution in [2.45, 2.75) is 18.3 Å². The van der Waals surface area contributed by atoms with E-state index in [0.29, 0.717) is 12.3 Å². The molecule has 0 N–H and O–H groups in total. The molecule has 0 radical (unpaired) electrons. The number of hydrogen-bond acceptors (Lipinski definition) is 5. The van der Waals surface area contributed by atoms with Crippen molar-refractivity contribution in [1.29, 1.82) is 0 Å². The number of rotatable bonds is 5. The Morgan fingerprint density at radius 1 is 1.19 bits per heavy atom. The average molecular weight is 371 g/mol. The quantitative estimate of drug-likeness (QED) is 0.806. The molecule has 26 heavy (non-hydrogen) atoms. The lowest BCUT2D eigenvalue weighted by Crippen LogP contribution is -2.28. The Labute approximate surface area is 157 Å². The lowest BCUT2D eigenvalue weighted by atomic mass is 10.1. The third-order valence-corrected chi connectivity index (χ3v) is 6.06. The van der Waals surface area contributed by atoms with Gasteiger partial charge in [0.1, 0.15) is 22.6 Å². The van der Waals surface area contributed by atoms with E-state index in [-0.39, 0.29) is 11.3 Å². The van der Waals surface area contributed by atoms with Gasteiger partial charge in [-0.15, -0.1) is 11.8 Å². The van der Waals surface area contributed by atoms with E-state index >= 15 is 0 Å². The molecule has 1 amide bonds. The van der Waals surface area contributed by atoms with Gasteiger partial charge in [0.15, 0.2) is 0 Å². The molecule has 2 aliphatic rings. The molecule has 6 heteroatoms. The molecular formula is C20H21NO4S. The van der Waals surface area contributed by atoms with Crippen LogP contribution in [0.5, 0.6) is 17.2 Å². The number of methoxy groups -OCH3 is 2. The van der Waals surface area contributed by atoms with Crippen molar-refractivity contribution in [3.63, 3.8) is 0 Å². The number of carbonyl (C=O) groups is 1. The number of hydrogen-bond donors (Lipinski definition) is 0. The third kappa shape index (κ3) is 3.09. The summed E-state index contributed by atoms with van der Waals surface area (Å²) < 4.78 is 16.3. The highest BCUT2D eigenvalue weighted by Crippen LogP contribution is 2.42. The topological polar surface area (TPSA) is 48.0 Å². The van der Waals surface area contributed by atoms with Crippen molar-refractivity contribution < 1.29 is 19.0 Å². The monoisotopic (exact) mass is 371 g/mol. The predicted octanol–water partition coefficient (Wildman–Crippen LogP) is 3.41. The Balaban J connectivity index is 1.61. The minimum absolute atomic E-state index is 0.0141. The standard InChI is InChI=1S/C20H21NO4S/c1-23-16-5-3-15(18(10-16)24-2)11-21-19(22)12-26-20(21)14-4-6-17-13(9-14)7-8-25-17/h3-6,9-10,20H,7-8,11-12H2,1-2H3. The lowest BCUT2D eigenvalue weighted by Gasteiger charge is -2.25. The molecule has 136 valence electrons. The first-order valence-corrected chi connectivity index (χ1v) is 9.62. The largest absolute Gasteiger partial charge is 0.497 e. The van der Waals surface area contributed by atoms with E-state index in [1.54, 1.807) is 26.0 Å². The van der Waals surface area contributed by atoms with Crippen molar-refractivity contribution in [1.82, 2.24) is 4.90 Å². The van der Waals surface area contributed by atoms with E-state index in [0.717, 1.165) is 41.4 Å². The summed E-state index contributed by atoms with van der Waals surface area (Å²) in [6.45, 7) is 1.25. The first-order valence-electron chi connectivity index (χ1n) is 8.57. The molecule has 5 nitrogen and oxygen atoms in total. The molecule has 0 aliphatic carbocycles. The lowest BCUT2D eigenvalue weighted by molar-refractivity contribution is -0.128. The summed E-state index contributed by atoms with van der Waals surface area (Å²) in [5.41, 5.74) is 3.35. The van der Waals surface area contributed by atoms with Crippen LogP contribution in [0.15, 0.2) is 36.4 Å². The first-order chi connectivity index (χ1) is 12.7. The Morgan fingerprint density at radius 2 is 2.08 bits per heavy atom. The number of benzene rings is 2. The van der Waals surface area contributed by atoms with Crippen LogP contribution in [0.25, 0.3) is 0 Å². The molecule has 1 atom stereocenters. The van der Waals surface area contributed by atoms with Crippen LogP contribution >= 0.6 is 11.8 Å². The zero-order valence-electron chi connectivity index (χ0n) is 14.9. The van der Waals surface area contributed by atoms with Gasteiger partial charge in [-0.1, -0.05) is 6.07 Å². The van der Waals surface area contributed by atoms with Crippen LogP contribution in [-0.2, 0) is 17.8 Å². The summed E-state index contributed by atoms with van der Waals surface area (Å²) in [6, 6.07) is 12.0. The van der Waals surface area contributed by atoms with Crippen molar-refractivity contribution in [3.8, 4) is 17.2 Å².